The van der Waals surface area contributed by atoms with Crippen molar-refractivity contribution in [3.63, 3.8) is 0 Å². The third-order valence-corrected chi connectivity index (χ3v) is 5.44. The number of hydrogen-bond acceptors (Lipinski definition) is 2. The highest BCUT2D eigenvalue weighted by Crippen LogP contribution is 2.35. The summed E-state index contributed by atoms with van der Waals surface area (Å²) < 4.78 is 0. The van der Waals surface area contributed by atoms with E-state index in [1.165, 1.54) is 25.7 Å². The van der Waals surface area contributed by atoms with Gasteiger partial charge in [-0.2, -0.15) is 0 Å². The summed E-state index contributed by atoms with van der Waals surface area (Å²) in [6.07, 6.45) is 6.46. The minimum absolute atomic E-state index is 0.151. The molecular formula is C18H21NO2. The summed E-state index contributed by atoms with van der Waals surface area (Å²) in [6, 6.07) is 5.64. The molecule has 1 aromatic carbocycles. The van der Waals surface area contributed by atoms with Crippen LogP contribution in [0.1, 0.15) is 58.4 Å². The summed E-state index contributed by atoms with van der Waals surface area (Å²) >= 11 is 0. The number of likely N-dealkylation sites (tertiary alicyclic amines) is 1. The van der Waals surface area contributed by atoms with Gasteiger partial charge in [-0.05, 0) is 49.1 Å². The van der Waals surface area contributed by atoms with E-state index in [4.69, 9.17) is 0 Å². The molecule has 0 radical (unpaired) electrons. The molecule has 3 aliphatic rings. The van der Waals surface area contributed by atoms with Crippen LogP contribution in [0.25, 0.3) is 0 Å². The summed E-state index contributed by atoms with van der Waals surface area (Å²) in [6.45, 7) is 1.82. The van der Waals surface area contributed by atoms with Crippen LogP contribution < -0.4 is 0 Å². The number of hydrogen-bond donors (Lipinski definition) is 0. The Morgan fingerprint density at radius 2 is 1.86 bits per heavy atom. The highest BCUT2D eigenvalue weighted by Gasteiger charge is 2.34. The van der Waals surface area contributed by atoms with Crippen LogP contribution in [0.3, 0.4) is 0 Å². The van der Waals surface area contributed by atoms with Crippen LogP contribution in [0, 0.1) is 11.8 Å². The fraction of sp³-hybridized carbons (Fsp3) is 0.556. The molecular weight excluding hydrogens is 262 g/mol. The molecule has 0 aromatic heterocycles. The van der Waals surface area contributed by atoms with Crippen molar-refractivity contribution in [2.75, 3.05) is 13.1 Å². The van der Waals surface area contributed by atoms with Crippen molar-refractivity contribution in [1.82, 2.24) is 4.90 Å². The predicted octanol–water partition coefficient (Wildman–Crippen LogP) is 3.08. The first-order chi connectivity index (χ1) is 10.2. The van der Waals surface area contributed by atoms with E-state index >= 15 is 0 Å². The van der Waals surface area contributed by atoms with E-state index in [1.54, 1.807) is 0 Å². The molecule has 0 N–H and O–H groups in total. The molecule has 1 saturated carbocycles. The third kappa shape index (κ3) is 2.19. The van der Waals surface area contributed by atoms with Crippen LogP contribution in [-0.4, -0.2) is 29.7 Å². The van der Waals surface area contributed by atoms with E-state index < -0.39 is 0 Å². The van der Waals surface area contributed by atoms with E-state index in [2.05, 4.69) is 4.90 Å². The quantitative estimate of drug-likeness (QED) is 0.794. The van der Waals surface area contributed by atoms with Gasteiger partial charge in [0.15, 0.2) is 5.78 Å². The van der Waals surface area contributed by atoms with Crippen LogP contribution in [-0.2, 0) is 6.42 Å². The lowest BCUT2D eigenvalue weighted by atomic mass is 9.78. The van der Waals surface area contributed by atoms with Crippen molar-refractivity contribution in [2.24, 2.45) is 11.8 Å². The van der Waals surface area contributed by atoms with Gasteiger partial charge in [0.2, 0.25) is 0 Å². The minimum atomic E-state index is 0.151. The largest absolute Gasteiger partial charge is 0.338 e. The molecule has 3 heteroatoms. The van der Waals surface area contributed by atoms with Gasteiger partial charge in [-0.25, -0.2) is 0 Å². The molecule has 2 fully saturated rings. The molecule has 21 heavy (non-hydrogen) atoms. The van der Waals surface area contributed by atoms with E-state index in [-0.39, 0.29) is 11.7 Å². The highest BCUT2D eigenvalue weighted by molar-refractivity contribution is 6.05. The number of ketones is 1. The Balaban J connectivity index is 1.62. The van der Waals surface area contributed by atoms with Crippen molar-refractivity contribution in [1.29, 1.82) is 0 Å². The Hall–Kier alpha value is -1.64. The molecule has 1 amide bonds. The first-order valence-corrected chi connectivity index (χ1v) is 8.16. The lowest BCUT2D eigenvalue weighted by molar-refractivity contribution is 0.0503. The second-order valence-electron chi connectivity index (χ2n) is 6.86. The molecule has 1 aromatic rings. The maximum absolute atomic E-state index is 12.9. The fourth-order valence-corrected chi connectivity index (χ4v) is 4.46. The summed E-state index contributed by atoms with van der Waals surface area (Å²) in [5, 5.41) is 0. The zero-order valence-corrected chi connectivity index (χ0v) is 12.3. The van der Waals surface area contributed by atoms with Crippen LogP contribution in [0.5, 0.6) is 0 Å². The molecule has 1 saturated heterocycles. The number of carbonyl (C=O) groups excluding carboxylic acids is 2. The number of Topliss-reactive ketones (excluding diaryl/α,β-unsaturated/α-hetero) is 1. The SMILES string of the molecule is O=C1CCc2c1cccc2C(=O)N1CC2CCCC(C2)C1. The number of amides is 1. The van der Waals surface area contributed by atoms with Gasteiger partial charge in [0, 0.05) is 30.6 Å². The van der Waals surface area contributed by atoms with Crippen molar-refractivity contribution in [3.8, 4) is 0 Å². The summed E-state index contributed by atoms with van der Waals surface area (Å²) in [5.74, 6) is 1.73. The Morgan fingerprint density at radius 3 is 2.62 bits per heavy atom. The van der Waals surface area contributed by atoms with Crippen molar-refractivity contribution < 1.29 is 9.59 Å². The van der Waals surface area contributed by atoms with Crippen LogP contribution >= 0.6 is 0 Å². The number of nitrogens with zero attached hydrogens (tertiary/aromatic N) is 1. The van der Waals surface area contributed by atoms with Gasteiger partial charge in [0.1, 0.15) is 0 Å². The van der Waals surface area contributed by atoms with Crippen LogP contribution in [0.15, 0.2) is 18.2 Å². The Morgan fingerprint density at radius 1 is 1.10 bits per heavy atom. The zero-order valence-electron chi connectivity index (χ0n) is 12.3. The van der Waals surface area contributed by atoms with Gasteiger partial charge in [0.25, 0.3) is 5.91 Å². The lowest BCUT2D eigenvalue weighted by Crippen LogP contribution is -2.45. The average Bonchev–Trinajstić information content (AvgIpc) is 2.88. The topological polar surface area (TPSA) is 37.4 Å². The molecule has 1 heterocycles. The van der Waals surface area contributed by atoms with Crippen molar-refractivity contribution in [2.45, 2.75) is 38.5 Å². The van der Waals surface area contributed by atoms with Gasteiger partial charge in [-0.3, -0.25) is 9.59 Å². The fourth-order valence-electron chi connectivity index (χ4n) is 4.46. The number of fused-ring (bicyclic) bond motifs is 3. The van der Waals surface area contributed by atoms with Crippen molar-refractivity contribution >= 4 is 11.7 Å². The van der Waals surface area contributed by atoms with E-state index in [1.807, 2.05) is 18.2 Å². The maximum Gasteiger partial charge on any atom is 0.254 e. The van der Waals surface area contributed by atoms with Gasteiger partial charge in [-0.1, -0.05) is 18.6 Å². The molecule has 2 unspecified atom stereocenters. The molecule has 2 atom stereocenters. The van der Waals surface area contributed by atoms with E-state index in [0.29, 0.717) is 18.3 Å². The molecule has 0 spiro atoms. The molecule has 2 bridgehead atoms. The Labute approximate surface area is 125 Å². The zero-order chi connectivity index (χ0) is 14.4. The summed E-state index contributed by atoms with van der Waals surface area (Å²) in [5.41, 5.74) is 2.54. The van der Waals surface area contributed by atoms with Gasteiger partial charge >= 0.3 is 0 Å². The standard InChI is InChI=1S/C18H21NO2/c20-17-8-7-14-15(17)5-2-6-16(14)18(21)19-10-12-3-1-4-13(9-12)11-19/h2,5-6,12-13H,1,3-4,7-11H2. The molecule has 4 rings (SSSR count). The molecule has 2 aliphatic carbocycles. The molecule has 3 nitrogen and oxygen atoms in total. The Kier molecular flexibility index (Phi) is 3.09. The predicted molar refractivity (Wildman–Crippen MR) is 80.4 cm³/mol. The van der Waals surface area contributed by atoms with E-state index in [9.17, 15) is 9.59 Å². The Bertz CT molecular complexity index is 595. The maximum atomic E-state index is 12.9. The number of carbonyl (C=O) groups is 2. The minimum Gasteiger partial charge on any atom is -0.338 e. The number of rotatable bonds is 1. The first kappa shape index (κ1) is 13.1. The molecule has 1 aliphatic heterocycles. The average molecular weight is 283 g/mol. The van der Waals surface area contributed by atoms with Gasteiger partial charge < -0.3 is 4.90 Å². The second kappa shape index (κ2) is 4.97. The number of benzene rings is 1. The monoisotopic (exact) mass is 283 g/mol. The normalized spacial score (nSPS) is 27.6. The van der Waals surface area contributed by atoms with Crippen molar-refractivity contribution in [3.05, 3.63) is 34.9 Å². The van der Waals surface area contributed by atoms with Crippen LogP contribution in [0.2, 0.25) is 0 Å². The number of piperidine rings is 1. The first-order valence-electron chi connectivity index (χ1n) is 8.16. The molecule has 110 valence electrons. The second-order valence-corrected chi connectivity index (χ2v) is 6.86. The highest BCUT2D eigenvalue weighted by atomic mass is 16.2. The van der Waals surface area contributed by atoms with Gasteiger partial charge in [0.05, 0.1) is 0 Å². The van der Waals surface area contributed by atoms with Crippen LogP contribution in [0.4, 0.5) is 0 Å². The van der Waals surface area contributed by atoms with Gasteiger partial charge in [-0.15, -0.1) is 0 Å². The summed E-state index contributed by atoms with van der Waals surface area (Å²) in [7, 11) is 0. The summed E-state index contributed by atoms with van der Waals surface area (Å²) in [4.78, 5) is 26.8. The van der Waals surface area contributed by atoms with E-state index in [0.717, 1.165) is 36.2 Å². The smallest absolute Gasteiger partial charge is 0.254 e. The lowest BCUT2D eigenvalue weighted by Gasteiger charge is -2.41. The third-order valence-electron chi connectivity index (χ3n) is 5.44.